The SMILES string of the molecule is CN(Cc1cccc(CN2CCOCC2)c1)C[C@@H](O)COC1CCCCC1. The number of benzene rings is 1. The number of likely N-dealkylation sites (N-methyl/N-ethyl adjacent to an activating group) is 1. The summed E-state index contributed by atoms with van der Waals surface area (Å²) in [5.74, 6) is 0. The summed E-state index contributed by atoms with van der Waals surface area (Å²) in [7, 11) is 2.07. The molecule has 0 radical (unpaired) electrons. The Labute approximate surface area is 164 Å². The van der Waals surface area contributed by atoms with Crippen molar-refractivity contribution >= 4 is 0 Å². The Balaban J connectivity index is 1.40. The Morgan fingerprint density at radius 2 is 1.93 bits per heavy atom. The molecule has 2 aliphatic rings. The molecule has 0 unspecified atom stereocenters. The maximum absolute atomic E-state index is 10.3. The zero-order chi connectivity index (χ0) is 18.9. The quantitative estimate of drug-likeness (QED) is 0.718. The molecule has 3 rings (SSSR count). The van der Waals surface area contributed by atoms with Gasteiger partial charge in [-0.3, -0.25) is 9.80 Å². The average Bonchev–Trinajstić information content (AvgIpc) is 2.68. The molecule has 1 saturated carbocycles. The predicted octanol–water partition coefficient (Wildman–Crippen LogP) is 2.66. The highest BCUT2D eigenvalue weighted by atomic mass is 16.5. The first-order chi connectivity index (χ1) is 13.2. The van der Waals surface area contributed by atoms with E-state index in [1.165, 1.54) is 30.4 Å². The fraction of sp³-hybridized carbons (Fsp3) is 0.727. The zero-order valence-electron chi connectivity index (χ0n) is 16.8. The van der Waals surface area contributed by atoms with Gasteiger partial charge in [-0.2, -0.15) is 0 Å². The lowest BCUT2D eigenvalue weighted by atomic mass is 9.98. The highest BCUT2D eigenvalue weighted by Gasteiger charge is 2.17. The Bertz CT molecular complexity index is 542. The smallest absolute Gasteiger partial charge is 0.0900 e. The topological polar surface area (TPSA) is 45.2 Å². The second-order valence-corrected chi connectivity index (χ2v) is 8.15. The minimum atomic E-state index is -0.423. The Morgan fingerprint density at radius 3 is 2.70 bits per heavy atom. The summed E-state index contributed by atoms with van der Waals surface area (Å²) < 4.78 is 11.3. The second kappa shape index (κ2) is 11.1. The van der Waals surface area contributed by atoms with Gasteiger partial charge in [0.05, 0.1) is 32.0 Å². The van der Waals surface area contributed by atoms with Gasteiger partial charge in [0.25, 0.3) is 0 Å². The van der Waals surface area contributed by atoms with Crippen molar-refractivity contribution in [3.05, 3.63) is 35.4 Å². The summed E-state index contributed by atoms with van der Waals surface area (Å²) in [6.45, 7) is 6.61. The van der Waals surface area contributed by atoms with Crippen molar-refractivity contribution in [1.29, 1.82) is 0 Å². The van der Waals surface area contributed by atoms with Crippen LogP contribution in [0.2, 0.25) is 0 Å². The van der Waals surface area contributed by atoms with Crippen molar-refractivity contribution in [2.24, 2.45) is 0 Å². The van der Waals surface area contributed by atoms with Gasteiger partial charge in [-0.25, -0.2) is 0 Å². The highest BCUT2D eigenvalue weighted by molar-refractivity contribution is 5.23. The van der Waals surface area contributed by atoms with Crippen LogP contribution in [0.15, 0.2) is 24.3 Å². The van der Waals surface area contributed by atoms with E-state index in [0.717, 1.165) is 52.2 Å². The molecule has 1 heterocycles. The van der Waals surface area contributed by atoms with E-state index < -0.39 is 6.10 Å². The van der Waals surface area contributed by atoms with Crippen LogP contribution in [0.5, 0.6) is 0 Å². The van der Waals surface area contributed by atoms with Gasteiger partial charge in [0.15, 0.2) is 0 Å². The number of hydrogen-bond acceptors (Lipinski definition) is 5. The van der Waals surface area contributed by atoms with Gasteiger partial charge >= 0.3 is 0 Å². The molecule has 27 heavy (non-hydrogen) atoms. The predicted molar refractivity (Wildman–Crippen MR) is 108 cm³/mol. The molecule has 1 aliphatic carbocycles. The molecule has 152 valence electrons. The first kappa shape index (κ1) is 20.7. The lowest BCUT2D eigenvalue weighted by Gasteiger charge is -2.27. The number of rotatable bonds is 9. The molecule has 0 bridgehead atoms. The van der Waals surface area contributed by atoms with E-state index in [1.54, 1.807) is 0 Å². The third kappa shape index (κ3) is 7.51. The molecular weight excluding hydrogens is 340 g/mol. The van der Waals surface area contributed by atoms with Crippen LogP contribution >= 0.6 is 0 Å². The van der Waals surface area contributed by atoms with Gasteiger partial charge in [0, 0.05) is 32.7 Å². The Kier molecular flexibility index (Phi) is 8.55. The van der Waals surface area contributed by atoms with Gasteiger partial charge in [-0.1, -0.05) is 43.5 Å². The fourth-order valence-electron chi connectivity index (χ4n) is 4.11. The third-order valence-electron chi connectivity index (χ3n) is 5.55. The van der Waals surface area contributed by atoms with E-state index in [9.17, 15) is 5.11 Å². The van der Waals surface area contributed by atoms with E-state index in [1.807, 2.05) is 0 Å². The molecule has 2 fully saturated rings. The largest absolute Gasteiger partial charge is 0.389 e. The number of hydrogen-bond donors (Lipinski definition) is 1. The van der Waals surface area contributed by atoms with Crippen LogP contribution in [-0.2, 0) is 22.6 Å². The van der Waals surface area contributed by atoms with E-state index in [4.69, 9.17) is 9.47 Å². The molecule has 5 nitrogen and oxygen atoms in total. The fourth-order valence-corrected chi connectivity index (χ4v) is 4.11. The summed E-state index contributed by atoms with van der Waals surface area (Å²) >= 11 is 0. The summed E-state index contributed by atoms with van der Waals surface area (Å²) in [5.41, 5.74) is 2.65. The van der Waals surface area contributed by atoms with Crippen LogP contribution in [0, 0.1) is 0 Å². The van der Waals surface area contributed by atoms with Crippen molar-refractivity contribution < 1.29 is 14.6 Å². The zero-order valence-corrected chi connectivity index (χ0v) is 16.8. The minimum Gasteiger partial charge on any atom is -0.389 e. The molecule has 1 aliphatic heterocycles. The average molecular weight is 377 g/mol. The molecule has 1 atom stereocenters. The number of nitrogens with zero attached hydrogens (tertiary/aromatic N) is 2. The van der Waals surface area contributed by atoms with E-state index in [2.05, 4.69) is 41.1 Å². The van der Waals surface area contributed by atoms with Crippen molar-refractivity contribution in [3.8, 4) is 0 Å². The second-order valence-electron chi connectivity index (χ2n) is 8.15. The molecule has 1 N–H and O–H groups in total. The van der Waals surface area contributed by atoms with Crippen molar-refractivity contribution in [3.63, 3.8) is 0 Å². The normalized spacial score (nSPS) is 20.9. The lowest BCUT2D eigenvalue weighted by molar-refractivity contribution is -0.0319. The molecule has 1 aromatic rings. The molecular formula is C22H36N2O3. The first-order valence-corrected chi connectivity index (χ1v) is 10.5. The van der Waals surface area contributed by atoms with E-state index >= 15 is 0 Å². The van der Waals surface area contributed by atoms with E-state index in [0.29, 0.717) is 19.3 Å². The first-order valence-electron chi connectivity index (χ1n) is 10.5. The molecule has 0 spiro atoms. The summed E-state index contributed by atoms with van der Waals surface area (Å²) in [6, 6.07) is 8.80. The maximum atomic E-state index is 10.3. The van der Waals surface area contributed by atoms with Crippen molar-refractivity contribution in [2.45, 2.75) is 57.4 Å². The van der Waals surface area contributed by atoms with Crippen molar-refractivity contribution in [2.75, 3.05) is 46.5 Å². The van der Waals surface area contributed by atoms with Crippen LogP contribution in [-0.4, -0.2) is 73.6 Å². The molecule has 5 heteroatoms. The molecule has 0 amide bonds. The summed E-state index contributed by atoms with van der Waals surface area (Å²) in [5, 5.41) is 10.3. The number of morpholine rings is 1. The van der Waals surface area contributed by atoms with Crippen molar-refractivity contribution in [1.82, 2.24) is 9.80 Å². The number of aliphatic hydroxyl groups excluding tert-OH is 1. The maximum Gasteiger partial charge on any atom is 0.0900 e. The molecule has 1 aromatic carbocycles. The number of ether oxygens (including phenoxy) is 2. The molecule has 0 aromatic heterocycles. The van der Waals surface area contributed by atoms with Crippen LogP contribution in [0.4, 0.5) is 0 Å². The van der Waals surface area contributed by atoms with Gasteiger partial charge in [0.2, 0.25) is 0 Å². The molecule has 1 saturated heterocycles. The Morgan fingerprint density at radius 1 is 1.19 bits per heavy atom. The monoisotopic (exact) mass is 376 g/mol. The summed E-state index contributed by atoms with van der Waals surface area (Å²) in [6.07, 6.45) is 6.10. The van der Waals surface area contributed by atoms with Gasteiger partial charge in [0.1, 0.15) is 0 Å². The van der Waals surface area contributed by atoms with Crippen LogP contribution in [0.3, 0.4) is 0 Å². The van der Waals surface area contributed by atoms with Crippen LogP contribution in [0.25, 0.3) is 0 Å². The third-order valence-corrected chi connectivity index (χ3v) is 5.55. The van der Waals surface area contributed by atoms with Gasteiger partial charge < -0.3 is 14.6 Å². The van der Waals surface area contributed by atoms with E-state index in [-0.39, 0.29) is 0 Å². The number of aliphatic hydroxyl groups is 1. The van der Waals surface area contributed by atoms with Gasteiger partial charge in [-0.15, -0.1) is 0 Å². The van der Waals surface area contributed by atoms with Gasteiger partial charge in [-0.05, 0) is 31.0 Å². The van der Waals surface area contributed by atoms with Crippen LogP contribution in [0.1, 0.15) is 43.2 Å². The Hall–Kier alpha value is -0.980. The lowest BCUT2D eigenvalue weighted by Crippen LogP contribution is -2.35. The summed E-state index contributed by atoms with van der Waals surface area (Å²) in [4.78, 5) is 4.63. The highest BCUT2D eigenvalue weighted by Crippen LogP contribution is 2.20. The standard InChI is InChI=1S/C22H36N2O3/c1-23(17-21(25)18-27-22-8-3-2-4-9-22)15-19-6-5-7-20(14-19)16-24-10-12-26-13-11-24/h5-7,14,21-22,25H,2-4,8-13,15-18H2,1H3/t21-/m1/s1. The van der Waals surface area contributed by atoms with Crippen LogP contribution < -0.4 is 0 Å². The minimum absolute atomic E-state index is 0.357.